The smallest absolute Gasteiger partial charge is 0.225 e. The summed E-state index contributed by atoms with van der Waals surface area (Å²) >= 11 is 0. The summed E-state index contributed by atoms with van der Waals surface area (Å²) in [4.78, 5) is 16.0. The van der Waals surface area contributed by atoms with E-state index in [0.717, 1.165) is 57.3 Å². The minimum absolute atomic E-state index is 0.679. The Bertz CT molecular complexity index is 575. The van der Waals surface area contributed by atoms with Crippen LogP contribution < -0.4 is 4.90 Å². The van der Waals surface area contributed by atoms with Gasteiger partial charge in [-0.1, -0.05) is 5.16 Å². The molecular weight excluding hydrogens is 280 g/mol. The quantitative estimate of drug-likeness (QED) is 0.813. The molecule has 4 heterocycles. The van der Waals surface area contributed by atoms with Crippen LogP contribution in [0, 0.1) is 0 Å². The first-order valence-electron chi connectivity index (χ1n) is 7.75. The van der Waals surface area contributed by atoms with E-state index in [1.807, 2.05) is 18.5 Å². The van der Waals surface area contributed by atoms with Crippen molar-refractivity contribution < 1.29 is 4.52 Å². The number of hydrogen-bond acceptors (Lipinski definition) is 7. The maximum Gasteiger partial charge on any atom is 0.225 e. The molecule has 0 bridgehead atoms. The molecule has 2 aromatic heterocycles. The molecule has 0 aliphatic carbocycles. The Morgan fingerprint density at radius 1 is 1.09 bits per heavy atom. The second-order valence-electron chi connectivity index (χ2n) is 5.95. The Morgan fingerprint density at radius 2 is 1.86 bits per heavy atom. The van der Waals surface area contributed by atoms with Crippen molar-refractivity contribution in [1.82, 2.24) is 24.9 Å². The Balaban J connectivity index is 1.24. The number of rotatable bonds is 4. The minimum Gasteiger partial charge on any atom is -0.364 e. The Hall–Kier alpha value is -1.99. The molecule has 0 atom stereocenters. The zero-order chi connectivity index (χ0) is 14.8. The molecule has 0 radical (unpaired) electrons. The van der Waals surface area contributed by atoms with Gasteiger partial charge < -0.3 is 9.42 Å². The fraction of sp³-hybridized carbons (Fsp3) is 0.533. The van der Waals surface area contributed by atoms with Gasteiger partial charge in [0, 0.05) is 69.8 Å². The van der Waals surface area contributed by atoms with Crippen molar-refractivity contribution in [2.75, 3.05) is 44.2 Å². The largest absolute Gasteiger partial charge is 0.364 e. The van der Waals surface area contributed by atoms with Crippen LogP contribution in [-0.4, -0.2) is 70.2 Å². The molecule has 2 aliphatic heterocycles. The number of anilines is 1. The fourth-order valence-corrected chi connectivity index (χ4v) is 3.21. The monoisotopic (exact) mass is 300 g/mol. The molecule has 0 saturated carbocycles. The third-order valence-electron chi connectivity index (χ3n) is 4.49. The van der Waals surface area contributed by atoms with Gasteiger partial charge in [-0.15, -0.1) is 0 Å². The molecule has 0 unspecified atom stereocenters. The van der Waals surface area contributed by atoms with E-state index in [2.05, 4.69) is 29.8 Å². The fourth-order valence-electron chi connectivity index (χ4n) is 3.21. The van der Waals surface area contributed by atoms with E-state index in [4.69, 9.17) is 4.52 Å². The summed E-state index contributed by atoms with van der Waals surface area (Å²) < 4.78 is 4.88. The first kappa shape index (κ1) is 13.7. The molecule has 2 fully saturated rings. The number of piperazine rings is 1. The van der Waals surface area contributed by atoms with Crippen LogP contribution in [-0.2, 0) is 6.54 Å². The van der Waals surface area contributed by atoms with E-state index in [0.29, 0.717) is 6.04 Å². The molecule has 7 nitrogen and oxygen atoms in total. The molecule has 7 heteroatoms. The standard InChI is InChI=1S/C15H20N6O/c1-2-16-15(17-3-1)21-6-4-20(5-7-21)14-10-19(11-14)9-13-8-18-22-12-13/h1-3,8,12,14H,4-7,9-11H2. The van der Waals surface area contributed by atoms with Crippen molar-refractivity contribution in [3.05, 3.63) is 36.5 Å². The van der Waals surface area contributed by atoms with Crippen LogP contribution in [0.5, 0.6) is 0 Å². The highest BCUT2D eigenvalue weighted by Gasteiger charge is 2.33. The average molecular weight is 300 g/mol. The highest BCUT2D eigenvalue weighted by Crippen LogP contribution is 2.20. The average Bonchev–Trinajstić information content (AvgIpc) is 3.05. The van der Waals surface area contributed by atoms with Crippen molar-refractivity contribution in [2.45, 2.75) is 12.6 Å². The molecule has 4 rings (SSSR count). The van der Waals surface area contributed by atoms with E-state index in [-0.39, 0.29) is 0 Å². The highest BCUT2D eigenvalue weighted by molar-refractivity contribution is 5.29. The predicted octanol–water partition coefficient (Wildman–Crippen LogP) is 0.471. The molecule has 0 spiro atoms. The van der Waals surface area contributed by atoms with E-state index in [1.54, 1.807) is 12.5 Å². The van der Waals surface area contributed by atoms with Gasteiger partial charge in [-0.05, 0) is 6.07 Å². The third kappa shape index (κ3) is 2.82. The van der Waals surface area contributed by atoms with Crippen LogP contribution >= 0.6 is 0 Å². The van der Waals surface area contributed by atoms with Crippen LogP contribution in [0.1, 0.15) is 5.56 Å². The van der Waals surface area contributed by atoms with Crippen LogP contribution in [0.3, 0.4) is 0 Å². The second-order valence-corrected chi connectivity index (χ2v) is 5.95. The molecule has 0 aromatic carbocycles. The van der Waals surface area contributed by atoms with Gasteiger partial charge in [0.05, 0.1) is 6.20 Å². The first-order chi connectivity index (χ1) is 10.9. The first-order valence-corrected chi connectivity index (χ1v) is 7.75. The van der Waals surface area contributed by atoms with Gasteiger partial charge >= 0.3 is 0 Å². The number of aromatic nitrogens is 3. The number of likely N-dealkylation sites (tertiary alicyclic amines) is 1. The van der Waals surface area contributed by atoms with Crippen LogP contribution in [0.4, 0.5) is 5.95 Å². The van der Waals surface area contributed by atoms with E-state index in [9.17, 15) is 0 Å². The summed E-state index contributed by atoms with van der Waals surface area (Å²) in [6.45, 7) is 7.39. The van der Waals surface area contributed by atoms with E-state index < -0.39 is 0 Å². The lowest BCUT2D eigenvalue weighted by molar-refractivity contribution is 0.0254. The molecule has 2 saturated heterocycles. The van der Waals surface area contributed by atoms with Gasteiger partial charge in [-0.3, -0.25) is 9.80 Å². The highest BCUT2D eigenvalue weighted by atomic mass is 16.5. The zero-order valence-corrected chi connectivity index (χ0v) is 12.5. The van der Waals surface area contributed by atoms with Crippen molar-refractivity contribution in [2.24, 2.45) is 0 Å². The Kier molecular flexibility index (Phi) is 3.74. The maximum absolute atomic E-state index is 4.88. The van der Waals surface area contributed by atoms with Gasteiger partial charge in [-0.25, -0.2) is 9.97 Å². The predicted molar refractivity (Wildman–Crippen MR) is 81.4 cm³/mol. The zero-order valence-electron chi connectivity index (χ0n) is 12.5. The lowest BCUT2D eigenvalue weighted by Crippen LogP contribution is -2.62. The van der Waals surface area contributed by atoms with Crippen LogP contribution in [0.15, 0.2) is 35.4 Å². The maximum atomic E-state index is 4.88. The SMILES string of the molecule is c1cnc(N2CCN(C3CN(Cc4cnoc4)C3)CC2)nc1. The Morgan fingerprint density at radius 3 is 2.55 bits per heavy atom. The minimum atomic E-state index is 0.679. The third-order valence-corrected chi connectivity index (χ3v) is 4.49. The van der Waals surface area contributed by atoms with Crippen molar-refractivity contribution >= 4 is 5.95 Å². The molecule has 0 N–H and O–H groups in total. The summed E-state index contributed by atoms with van der Waals surface area (Å²) in [5, 5.41) is 3.75. The molecule has 22 heavy (non-hydrogen) atoms. The lowest BCUT2D eigenvalue weighted by Gasteiger charge is -2.48. The van der Waals surface area contributed by atoms with Gasteiger partial charge in [0.25, 0.3) is 0 Å². The molecule has 2 aliphatic rings. The number of nitrogens with zero attached hydrogens (tertiary/aromatic N) is 6. The Labute approximate surface area is 129 Å². The van der Waals surface area contributed by atoms with Crippen LogP contribution in [0.2, 0.25) is 0 Å². The molecule has 2 aromatic rings. The number of hydrogen-bond donors (Lipinski definition) is 0. The lowest BCUT2D eigenvalue weighted by atomic mass is 10.1. The summed E-state index contributed by atoms with van der Waals surface area (Å²) in [6, 6.07) is 2.54. The summed E-state index contributed by atoms with van der Waals surface area (Å²) in [5.74, 6) is 0.852. The van der Waals surface area contributed by atoms with Gasteiger partial charge in [-0.2, -0.15) is 0 Å². The second kappa shape index (κ2) is 6.02. The van der Waals surface area contributed by atoms with E-state index in [1.165, 1.54) is 0 Å². The normalized spacial score (nSPS) is 21.0. The topological polar surface area (TPSA) is 61.5 Å². The van der Waals surface area contributed by atoms with Crippen molar-refractivity contribution in [1.29, 1.82) is 0 Å². The van der Waals surface area contributed by atoms with Crippen molar-refractivity contribution in [3.8, 4) is 0 Å². The summed E-state index contributed by atoms with van der Waals surface area (Å²) in [5.41, 5.74) is 1.16. The molecule has 0 amide bonds. The van der Waals surface area contributed by atoms with Gasteiger partial charge in [0.1, 0.15) is 6.26 Å². The summed E-state index contributed by atoms with van der Waals surface area (Å²) in [7, 11) is 0. The summed E-state index contributed by atoms with van der Waals surface area (Å²) in [6.07, 6.45) is 7.14. The van der Waals surface area contributed by atoms with E-state index >= 15 is 0 Å². The molecular formula is C15H20N6O. The van der Waals surface area contributed by atoms with Gasteiger partial charge in [0.2, 0.25) is 5.95 Å². The molecule has 116 valence electrons. The van der Waals surface area contributed by atoms with Gasteiger partial charge in [0.15, 0.2) is 0 Å². The van der Waals surface area contributed by atoms with Crippen LogP contribution in [0.25, 0.3) is 0 Å². The van der Waals surface area contributed by atoms with Crippen molar-refractivity contribution in [3.63, 3.8) is 0 Å².